The normalized spacial score (nSPS) is 9.12. The van der Waals surface area contributed by atoms with Crippen molar-refractivity contribution < 1.29 is 9.90 Å². The number of carboxylic acid groups (broad SMARTS) is 1. The summed E-state index contributed by atoms with van der Waals surface area (Å²) in [5.41, 5.74) is 0. The van der Waals surface area contributed by atoms with Gasteiger partial charge in [-0.3, -0.25) is 4.79 Å². The van der Waals surface area contributed by atoms with Gasteiger partial charge in [0.2, 0.25) is 0 Å². The molecule has 47 valence electrons. The fourth-order valence-electron chi connectivity index (χ4n) is 0.333. The van der Waals surface area contributed by atoms with E-state index in [0.29, 0.717) is 13.1 Å². The molecule has 0 aliphatic rings. The first-order valence-electron chi connectivity index (χ1n) is 2.62. The zero-order chi connectivity index (χ0) is 6.41. The van der Waals surface area contributed by atoms with Crippen LogP contribution in [0.5, 0.6) is 0 Å². The van der Waals surface area contributed by atoms with Crippen molar-refractivity contribution in [1.29, 1.82) is 0 Å². The minimum absolute atomic E-state index is 0.161. The van der Waals surface area contributed by atoms with Crippen LogP contribution in [0.25, 0.3) is 0 Å². The maximum atomic E-state index is 9.81. The van der Waals surface area contributed by atoms with Crippen LogP contribution in [-0.2, 0) is 4.79 Å². The van der Waals surface area contributed by atoms with E-state index in [1.54, 1.807) is 0 Å². The zero-order valence-corrected chi connectivity index (χ0v) is 4.92. The number of rotatable bonds is 4. The first-order chi connectivity index (χ1) is 3.77. The van der Waals surface area contributed by atoms with E-state index in [1.807, 2.05) is 6.92 Å². The van der Waals surface area contributed by atoms with Crippen LogP contribution < -0.4 is 5.32 Å². The lowest BCUT2D eigenvalue weighted by Gasteiger charge is -1.91. The predicted molar refractivity (Wildman–Crippen MR) is 29.8 cm³/mol. The van der Waals surface area contributed by atoms with Crippen molar-refractivity contribution in [2.24, 2.45) is 0 Å². The van der Waals surface area contributed by atoms with Crippen LogP contribution in [0.4, 0.5) is 0 Å². The van der Waals surface area contributed by atoms with Crippen LogP contribution >= 0.6 is 0 Å². The second-order valence-corrected chi connectivity index (χ2v) is 1.41. The van der Waals surface area contributed by atoms with Gasteiger partial charge in [-0.1, -0.05) is 6.92 Å². The third-order valence-corrected chi connectivity index (χ3v) is 0.707. The lowest BCUT2D eigenvalue weighted by Crippen LogP contribution is -2.09. The molecule has 0 saturated carbocycles. The Kier molecular flexibility index (Phi) is 4.26. The van der Waals surface area contributed by atoms with Crippen LogP contribution in [0.3, 0.4) is 0 Å². The first kappa shape index (κ1) is 7.43. The van der Waals surface area contributed by atoms with Crippen molar-refractivity contribution in [3.05, 3.63) is 0 Å². The van der Waals surface area contributed by atoms with Gasteiger partial charge in [-0.05, 0) is 0 Å². The second kappa shape index (κ2) is 4.59. The van der Waals surface area contributed by atoms with Crippen molar-refractivity contribution in [1.82, 2.24) is 5.32 Å². The largest absolute Gasteiger partial charge is 0.481 e. The minimum Gasteiger partial charge on any atom is -0.481 e. The SMILES string of the molecule is CC[N]CCC(=O)O. The molecule has 0 rings (SSSR count). The Balaban J connectivity index is 2.82. The van der Waals surface area contributed by atoms with Gasteiger partial charge in [0.05, 0.1) is 6.42 Å². The summed E-state index contributed by atoms with van der Waals surface area (Å²) in [6.07, 6.45) is 0.161. The Morgan fingerprint density at radius 1 is 1.75 bits per heavy atom. The maximum Gasteiger partial charge on any atom is 0.304 e. The summed E-state index contributed by atoms with van der Waals surface area (Å²) in [4.78, 5) is 9.81. The molecule has 0 heterocycles. The Hall–Kier alpha value is -0.570. The van der Waals surface area contributed by atoms with Crippen molar-refractivity contribution >= 4 is 5.97 Å². The molecule has 0 bridgehead atoms. The number of hydrogen-bond acceptors (Lipinski definition) is 1. The lowest BCUT2D eigenvalue weighted by molar-refractivity contribution is -0.136. The third-order valence-electron chi connectivity index (χ3n) is 0.707. The van der Waals surface area contributed by atoms with Crippen LogP contribution in [-0.4, -0.2) is 24.2 Å². The van der Waals surface area contributed by atoms with Gasteiger partial charge in [-0.25, -0.2) is 5.32 Å². The van der Waals surface area contributed by atoms with Crippen LogP contribution in [0.15, 0.2) is 0 Å². The van der Waals surface area contributed by atoms with E-state index in [2.05, 4.69) is 5.32 Å². The number of aliphatic carboxylic acids is 1. The van der Waals surface area contributed by atoms with Crippen molar-refractivity contribution in [2.75, 3.05) is 13.1 Å². The van der Waals surface area contributed by atoms with Gasteiger partial charge < -0.3 is 5.11 Å². The summed E-state index contributed by atoms with van der Waals surface area (Å²) in [5.74, 6) is -0.776. The molecule has 1 N–H and O–H groups in total. The fourth-order valence-corrected chi connectivity index (χ4v) is 0.333. The molecule has 0 fully saturated rings. The van der Waals surface area contributed by atoms with E-state index >= 15 is 0 Å². The number of carbonyl (C=O) groups is 1. The summed E-state index contributed by atoms with van der Waals surface area (Å²) < 4.78 is 0. The van der Waals surface area contributed by atoms with Crippen LogP contribution in [0, 0.1) is 0 Å². The second-order valence-electron chi connectivity index (χ2n) is 1.41. The van der Waals surface area contributed by atoms with Crippen molar-refractivity contribution in [2.45, 2.75) is 13.3 Å². The predicted octanol–water partition coefficient (Wildman–Crippen LogP) is 0.0854. The van der Waals surface area contributed by atoms with E-state index in [9.17, 15) is 4.79 Å². The molecule has 3 heteroatoms. The molecule has 0 unspecified atom stereocenters. The molecule has 0 aromatic carbocycles. The van der Waals surface area contributed by atoms with Gasteiger partial charge in [0.15, 0.2) is 0 Å². The molecule has 0 aliphatic heterocycles. The van der Waals surface area contributed by atoms with E-state index < -0.39 is 5.97 Å². The monoisotopic (exact) mass is 116 g/mol. The topological polar surface area (TPSA) is 51.4 Å². The molecule has 0 amide bonds. The minimum atomic E-state index is -0.776. The standard InChI is InChI=1S/C5H10NO2/c1-2-6-4-3-5(7)8/h2-4H2,1H3,(H,7,8). The molecule has 8 heavy (non-hydrogen) atoms. The fraction of sp³-hybridized carbons (Fsp3) is 0.800. The molecule has 3 nitrogen and oxygen atoms in total. The lowest BCUT2D eigenvalue weighted by atomic mass is 10.4. The van der Waals surface area contributed by atoms with E-state index in [1.165, 1.54) is 0 Å². The van der Waals surface area contributed by atoms with Gasteiger partial charge in [0.25, 0.3) is 0 Å². The van der Waals surface area contributed by atoms with Gasteiger partial charge >= 0.3 is 5.97 Å². The summed E-state index contributed by atoms with van der Waals surface area (Å²) in [7, 11) is 0. The highest BCUT2D eigenvalue weighted by Crippen LogP contribution is 1.74. The smallest absolute Gasteiger partial charge is 0.304 e. The third kappa shape index (κ3) is 5.43. The molecule has 0 spiro atoms. The number of carboxylic acids is 1. The molecule has 0 aromatic rings. The molecular weight excluding hydrogens is 106 g/mol. The molecule has 0 aliphatic carbocycles. The molecular formula is C5H10NO2. The summed E-state index contributed by atoms with van der Waals surface area (Å²) in [6, 6.07) is 0. The first-order valence-corrected chi connectivity index (χ1v) is 2.62. The number of hydrogen-bond donors (Lipinski definition) is 1. The van der Waals surface area contributed by atoms with Gasteiger partial charge in [0.1, 0.15) is 0 Å². The molecule has 0 atom stereocenters. The van der Waals surface area contributed by atoms with Gasteiger partial charge in [0, 0.05) is 13.1 Å². The average molecular weight is 116 g/mol. The molecule has 1 radical (unpaired) electrons. The Labute approximate surface area is 48.7 Å². The summed E-state index contributed by atoms with van der Waals surface area (Å²) in [5, 5.41) is 11.9. The Morgan fingerprint density at radius 2 is 2.38 bits per heavy atom. The molecule has 0 saturated heterocycles. The molecule has 0 aromatic heterocycles. The van der Waals surface area contributed by atoms with Crippen molar-refractivity contribution in [3.8, 4) is 0 Å². The van der Waals surface area contributed by atoms with E-state index in [-0.39, 0.29) is 6.42 Å². The quantitative estimate of drug-likeness (QED) is 0.529. The summed E-state index contributed by atoms with van der Waals surface area (Å²) in [6.45, 7) is 3.06. The highest BCUT2D eigenvalue weighted by atomic mass is 16.4. The van der Waals surface area contributed by atoms with Gasteiger partial charge in [-0.15, -0.1) is 0 Å². The maximum absolute atomic E-state index is 9.81. The van der Waals surface area contributed by atoms with E-state index in [0.717, 1.165) is 0 Å². The van der Waals surface area contributed by atoms with Crippen molar-refractivity contribution in [3.63, 3.8) is 0 Å². The highest BCUT2D eigenvalue weighted by molar-refractivity contribution is 5.66. The zero-order valence-electron chi connectivity index (χ0n) is 4.92. The summed E-state index contributed by atoms with van der Waals surface area (Å²) >= 11 is 0. The van der Waals surface area contributed by atoms with Crippen LogP contribution in [0.1, 0.15) is 13.3 Å². The van der Waals surface area contributed by atoms with Crippen LogP contribution in [0.2, 0.25) is 0 Å². The Morgan fingerprint density at radius 3 is 2.75 bits per heavy atom. The van der Waals surface area contributed by atoms with E-state index in [4.69, 9.17) is 5.11 Å². The highest BCUT2D eigenvalue weighted by Gasteiger charge is 1.92. The van der Waals surface area contributed by atoms with Gasteiger partial charge in [-0.2, -0.15) is 0 Å². The number of nitrogens with zero attached hydrogens (tertiary/aromatic N) is 1. The Bertz CT molecular complexity index is 72.8. The average Bonchev–Trinajstić information content (AvgIpc) is 1.66.